The first-order valence-corrected chi connectivity index (χ1v) is 27.6. The number of aliphatic hydroxyl groups excluding tert-OH is 2. The Kier molecular flexibility index (Phi) is 23.5. The fourth-order valence-corrected chi connectivity index (χ4v) is 8.63. The molecule has 0 aliphatic rings. The fraction of sp³-hybridized carbons (Fsp3) is 0.262. The smallest absolute Gasteiger partial charge is 0.408 e. The summed E-state index contributed by atoms with van der Waals surface area (Å²) in [5.74, 6) is -18.3. The van der Waals surface area contributed by atoms with Crippen molar-refractivity contribution in [2.45, 2.75) is 96.0 Å². The molecule has 468 valence electrons. The van der Waals surface area contributed by atoms with Crippen LogP contribution in [0, 0.1) is 29.1 Å². The van der Waals surface area contributed by atoms with Crippen LogP contribution in [-0.2, 0) is 66.2 Å². The summed E-state index contributed by atoms with van der Waals surface area (Å²) in [7, 11) is 0.979. The first-order chi connectivity index (χ1) is 42.6. The van der Waals surface area contributed by atoms with Crippen molar-refractivity contribution in [1.29, 1.82) is 0 Å². The van der Waals surface area contributed by atoms with Gasteiger partial charge in [-0.3, -0.25) is 4.79 Å². The quantitative estimate of drug-likeness (QED) is 0.00737. The van der Waals surface area contributed by atoms with Gasteiger partial charge in [-0.15, -0.1) is 0 Å². The number of alkyl carbamates (subject to hydrolysis) is 3. The Hall–Kier alpha value is -10.1. The summed E-state index contributed by atoms with van der Waals surface area (Å²) in [6.45, 7) is 3.58. The minimum absolute atomic E-state index is 0.0328. The average Bonchev–Trinajstić information content (AvgIpc) is 3.50. The van der Waals surface area contributed by atoms with Crippen molar-refractivity contribution >= 4 is 36.1 Å². The summed E-state index contributed by atoms with van der Waals surface area (Å²) in [6.07, 6.45) is -8.18. The zero-order valence-corrected chi connectivity index (χ0v) is 48.4. The number of hydrogen-bond donors (Lipinski definition) is 6. The van der Waals surface area contributed by atoms with Crippen molar-refractivity contribution in [3.63, 3.8) is 0 Å². The molecule has 4 amide bonds. The third-order valence-electron chi connectivity index (χ3n) is 13.1. The van der Waals surface area contributed by atoms with Crippen molar-refractivity contribution in [2.75, 3.05) is 13.7 Å². The molecule has 7 rings (SSSR count). The summed E-state index contributed by atoms with van der Waals surface area (Å²) in [6, 6.07) is 37.6. The van der Waals surface area contributed by atoms with Gasteiger partial charge in [0.25, 0.3) is 0 Å². The lowest BCUT2D eigenvalue weighted by atomic mass is 9.94. The number of carbonyl (C=O) groups excluding carboxylic acids is 6. The van der Waals surface area contributed by atoms with Crippen molar-refractivity contribution in [3.05, 3.63) is 220 Å². The van der Waals surface area contributed by atoms with Gasteiger partial charge >= 0.3 is 30.2 Å². The number of aliphatic hydroxyl groups is 2. The highest BCUT2D eigenvalue weighted by atomic mass is 19.2. The maximum atomic E-state index is 15.1. The largest absolute Gasteiger partial charge is 0.489 e. The van der Waals surface area contributed by atoms with Gasteiger partial charge in [-0.05, 0) is 84.0 Å². The second-order valence-corrected chi connectivity index (χ2v) is 20.9. The zero-order chi connectivity index (χ0) is 64.2. The van der Waals surface area contributed by atoms with Gasteiger partial charge in [0.15, 0.2) is 6.04 Å². The Bertz CT molecular complexity index is 3540. The number of hydrogen-bond acceptors (Lipinski definition) is 15. The fourth-order valence-electron chi connectivity index (χ4n) is 8.63. The lowest BCUT2D eigenvalue weighted by molar-refractivity contribution is -0.149. The van der Waals surface area contributed by atoms with E-state index in [4.69, 9.17) is 33.2 Å². The van der Waals surface area contributed by atoms with Gasteiger partial charge in [0.05, 0.1) is 13.2 Å². The summed E-state index contributed by atoms with van der Waals surface area (Å²) in [5, 5.41) is 33.0. The van der Waals surface area contributed by atoms with Crippen LogP contribution in [0.3, 0.4) is 0 Å². The van der Waals surface area contributed by atoms with E-state index < -0.39 is 126 Å². The monoisotopic (exact) mass is 1230 g/mol. The summed E-state index contributed by atoms with van der Waals surface area (Å²) in [4.78, 5) is 81.6. The van der Waals surface area contributed by atoms with Crippen molar-refractivity contribution in [2.24, 2.45) is 0 Å². The molecule has 0 heterocycles. The van der Waals surface area contributed by atoms with E-state index in [0.717, 1.165) is 7.11 Å². The molecule has 0 saturated heterocycles. The molecule has 24 heteroatoms. The number of rotatable bonds is 26. The lowest BCUT2D eigenvalue weighted by Crippen LogP contribution is -2.55. The molecule has 0 spiro atoms. The van der Waals surface area contributed by atoms with E-state index >= 15 is 8.78 Å². The molecular weight excluding hydrogens is 1170 g/mol. The van der Waals surface area contributed by atoms with Crippen LogP contribution in [0.2, 0.25) is 0 Å². The third kappa shape index (κ3) is 19.5. The Labute approximate surface area is 508 Å². The van der Waals surface area contributed by atoms with Crippen molar-refractivity contribution < 1.29 is 94.1 Å². The number of halogens is 5. The predicted molar refractivity (Wildman–Crippen MR) is 310 cm³/mol. The second-order valence-electron chi connectivity index (χ2n) is 20.9. The van der Waals surface area contributed by atoms with Gasteiger partial charge in [-0.1, -0.05) is 133 Å². The van der Waals surface area contributed by atoms with Gasteiger partial charge in [0.2, 0.25) is 40.7 Å². The molecule has 89 heavy (non-hydrogen) atoms. The van der Waals surface area contributed by atoms with Crippen LogP contribution >= 0.6 is 0 Å². The van der Waals surface area contributed by atoms with E-state index in [1.165, 1.54) is 30.3 Å². The molecule has 7 aromatic rings. The molecule has 7 aromatic carbocycles. The standard InChI is InChI=1S/C65H63F5N4O15/c1-65(2,3)89-64(82)72-47(32-45(75)33-71-62(80)86-36-40-21-13-7-14-22-40)59(77)74-56(61(79)83-4)57(76)46-30-43(26-28-50(46)85-35-39-19-11-6-12-20-39)42-25-27-49(84-34-38-17-9-5-10-18-38)44(29-42)31-48(73-63(81)87-37-41-23-15-8-16-24-41)60(78)88-58-54(69)52(67)51(66)53(68)55(58)70/h5-30,45,47-48,56-57,75-76H,31-37H2,1-4H3,(H,71,80)(H,72,82)(H,73,81)(H,74,77)/t45-,47+,48+,56+,57-/m1/s1. The summed E-state index contributed by atoms with van der Waals surface area (Å²) in [5.41, 5.74) is 1.84. The van der Waals surface area contributed by atoms with Gasteiger partial charge in [-0.2, -0.15) is 8.78 Å². The molecule has 0 saturated carbocycles. The molecule has 6 N–H and O–H groups in total. The van der Waals surface area contributed by atoms with Gasteiger partial charge < -0.3 is 64.6 Å². The molecule has 0 unspecified atom stereocenters. The van der Waals surface area contributed by atoms with Crippen molar-refractivity contribution in [1.82, 2.24) is 21.3 Å². The van der Waals surface area contributed by atoms with Crippen LogP contribution in [0.5, 0.6) is 17.2 Å². The SMILES string of the molecule is COC(=O)[C@@H](NC(=O)[C@H](C[C@@H](O)CNC(=O)OCc1ccccc1)NC(=O)OC(C)(C)C)[C@H](O)c1cc(-c2ccc(OCc3ccccc3)c(C[C@H](NC(=O)OCc3ccccc3)C(=O)Oc3c(F)c(F)c(F)c(F)c3F)c2)ccc1OCc1ccccc1. The Morgan fingerprint density at radius 1 is 0.517 bits per heavy atom. The van der Waals surface area contributed by atoms with Gasteiger partial charge in [0.1, 0.15) is 61.7 Å². The number of amides is 4. The number of carbonyl (C=O) groups is 6. The van der Waals surface area contributed by atoms with Crippen LogP contribution in [0.4, 0.5) is 36.3 Å². The molecule has 0 aliphatic carbocycles. The zero-order valence-electron chi connectivity index (χ0n) is 48.4. The molecule has 0 radical (unpaired) electrons. The highest BCUT2D eigenvalue weighted by Gasteiger charge is 2.37. The van der Waals surface area contributed by atoms with E-state index in [0.29, 0.717) is 22.3 Å². The van der Waals surface area contributed by atoms with Crippen LogP contribution in [0.1, 0.15) is 66.7 Å². The van der Waals surface area contributed by atoms with Crippen LogP contribution < -0.4 is 35.5 Å². The maximum absolute atomic E-state index is 15.1. The lowest BCUT2D eigenvalue weighted by Gasteiger charge is -2.28. The number of methoxy groups -OCH3 is 1. The van der Waals surface area contributed by atoms with Crippen LogP contribution in [0.15, 0.2) is 158 Å². The number of esters is 2. The molecule has 0 fully saturated rings. The minimum Gasteiger partial charge on any atom is -0.489 e. The highest BCUT2D eigenvalue weighted by Crippen LogP contribution is 2.37. The minimum atomic E-state index is -2.52. The van der Waals surface area contributed by atoms with E-state index in [2.05, 4.69) is 21.3 Å². The molecule has 5 atom stereocenters. The number of nitrogens with one attached hydrogen (secondary N) is 4. The first-order valence-electron chi connectivity index (χ1n) is 27.6. The Balaban J connectivity index is 1.25. The predicted octanol–water partition coefficient (Wildman–Crippen LogP) is 9.91. The normalized spacial score (nSPS) is 12.8. The molecule has 19 nitrogen and oxygen atoms in total. The summed E-state index contributed by atoms with van der Waals surface area (Å²) >= 11 is 0. The summed E-state index contributed by atoms with van der Waals surface area (Å²) < 4.78 is 111. The van der Waals surface area contributed by atoms with Crippen LogP contribution in [-0.4, -0.2) is 89.8 Å². The van der Waals surface area contributed by atoms with E-state index in [-0.39, 0.29) is 60.2 Å². The number of ether oxygens (including phenoxy) is 7. The van der Waals surface area contributed by atoms with Crippen LogP contribution in [0.25, 0.3) is 11.1 Å². The molecule has 0 aromatic heterocycles. The first kappa shape index (κ1) is 66.5. The molecule has 0 bridgehead atoms. The molecule has 0 aliphatic heterocycles. The topological polar surface area (TPSA) is 256 Å². The van der Waals surface area contributed by atoms with E-state index in [1.54, 1.807) is 148 Å². The third-order valence-corrected chi connectivity index (χ3v) is 13.1. The van der Waals surface area contributed by atoms with Gasteiger partial charge in [0, 0.05) is 24.9 Å². The van der Waals surface area contributed by atoms with Gasteiger partial charge in [-0.25, -0.2) is 37.1 Å². The Morgan fingerprint density at radius 3 is 1.49 bits per heavy atom. The second kappa shape index (κ2) is 31.5. The maximum Gasteiger partial charge on any atom is 0.408 e. The Morgan fingerprint density at radius 2 is 0.978 bits per heavy atom. The number of benzene rings is 7. The average molecular weight is 1240 g/mol. The highest BCUT2D eigenvalue weighted by molar-refractivity contribution is 5.90. The van der Waals surface area contributed by atoms with E-state index in [9.17, 15) is 52.2 Å². The van der Waals surface area contributed by atoms with E-state index in [1.807, 2.05) is 0 Å². The molecular formula is C65H63F5N4O15. The van der Waals surface area contributed by atoms with Crippen molar-refractivity contribution in [3.8, 4) is 28.4 Å².